The molecule has 1 unspecified atom stereocenters. The monoisotopic (exact) mass is 293 g/mol. The molecule has 0 aromatic heterocycles. The Morgan fingerprint density at radius 1 is 1.48 bits per heavy atom. The first-order valence-electron chi connectivity index (χ1n) is 7.47. The summed E-state index contributed by atoms with van der Waals surface area (Å²) in [5.41, 5.74) is 0.687. The van der Waals surface area contributed by atoms with E-state index in [-0.39, 0.29) is 10.6 Å². The van der Waals surface area contributed by atoms with Crippen molar-refractivity contribution < 1.29 is 9.66 Å². The molecule has 0 aliphatic carbocycles. The number of benzene rings is 1. The fraction of sp³-hybridized carbons (Fsp3) is 0.600. The Kier molecular flexibility index (Phi) is 5.38. The summed E-state index contributed by atoms with van der Waals surface area (Å²) in [5.74, 6) is 0.313. The van der Waals surface area contributed by atoms with Gasteiger partial charge in [-0.25, -0.2) is 0 Å². The molecule has 0 amide bonds. The normalized spacial score (nSPS) is 18.3. The lowest BCUT2D eigenvalue weighted by Gasteiger charge is -2.31. The van der Waals surface area contributed by atoms with Gasteiger partial charge in [0.05, 0.1) is 12.0 Å². The summed E-state index contributed by atoms with van der Waals surface area (Å²) < 4.78 is 5.15. The van der Waals surface area contributed by atoms with E-state index in [2.05, 4.69) is 10.2 Å². The maximum atomic E-state index is 11.4. The van der Waals surface area contributed by atoms with Crippen molar-refractivity contribution in [3.05, 3.63) is 28.3 Å². The lowest BCUT2D eigenvalue weighted by Crippen LogP contribution is -2.43. The number of nitro groups is 1. The van der Waals surface area contributed by atoms with Crippen LogP contribution in [0.2, 0.25) is 0 Å². The van der Waals surface area contributed by atoms with Gasteiger partial charge in [0.1, 0.15) is 5.69 Å². The quantitative estimate of drug-likeness (QED) is 0.645. The predicted octanol–water partition coefficient (Wildman–Crippen LogP) is 2.57. The molecule has 1 N–H and O–H groups in total. The number of piperidine rings is 1. The number of rotatable bonds is 6. The third-order valence-electron chi connectivity index (χ3n) is 3.96. The van der Waals surface area contributed by atoms with E-state index in [1.165, 1.54) is 20.0 Å². The van der Waals surface area contributed by atoms with E-state index in [1.807, 2.05) is 6.92 Å². The third-order valence-corrected chi connectivity index (χ3v) is 3.96. The first-order chi connectivity index (χ1) is 10.2. The lowest BCUT2D eigenvalue weighted by atomic mass is 10.0. The smallest absolute Gasteiger partial charge is 0.333 e. The Bertz CT molecular complexity index is 487. The van der Waals surface area contributed by atoms with Crippen LogP contribution in [0.5, 0.6) is 5.75 Å². The number of methoxy groups -OCH3 is 1. The molecule has 1 aromatic carbocycles. The van der Waals surface area contributed by atoms with E-state index < -0.39 is 0 Å². The summed E-state index contributed by atoms with van der Waals surface area (Å²) in [7, 11) is 1.46. The summed E-state index contributed by atoms with van der Waals surface area (Å²) >= 11 is 0. The number of nitrogens with one attached hydrogen (secondary N) is 1. The van der Waals surface area contributed by atoms with Crippen LogP contribution in [0.15, 0.2) is 18.2 Å². The molecule has 0 spiro atoms. The van der Waals surface area contributed by atoms with E-state index in [0.717, 1.165) is 26.1 Å². The Hall–Kier alpha value is -1.82. The summed E-state index contributed by atoms with van der Waals surface area (Å²) in [5, 5.41) is 14.9. The van der Waals surface area contributed by atoms with Gasteiger partial charge in [-0.3, -0.25) is 10.1 Å². The summed E-state index contributed by atoms with van der Waals surface area (Å²) in [6.45, 7) is 4.56. The highest BCUT2D eigenvalue weighted by Gasteiger charge is 2.25. The number of hydrogen-bond acceptors (Lipinski definition) is 5. The molecule has 0 radical (unpaired) electrons. The van der Waals surface area contributed by atoms with Crippen molar-refractivity contribution in [2.45, 2.75) is 32.2 Å². The van der Waals surface area contributed by atoms with Crippen molar-refractivity contribution in [1.82, 2.24) is 5.32 Å². The van der Waals surface area contributed by atoms with Crippen molar-refractivity contribution in [3.63, 3.8) is 0 Å². The van der Waals surface area contributed by atoms with Gasteiger partial charge in [-0.05, 0) is 38.4 Å². The molecule has 6 heteroatoms. The fourth-order valence-corrected chi connectivity index (χ4v) is 2.86. The van der Waals surface area contributed by atoms with E-state index in [1.54, 1.807) is 18.2 Å². The highest BCUT2D eigenvalue weighted by molar-refractivity contribution is 5.69. The van der Waals surface area contributed by atoms with Gasteiger partial charge < -0.3 is 15.0 Å². The van der Waals surface area contributed by atoms with E-state index >= 15 is 0 Å². The third kappa shape index (κ3) is 3.64. The van der Waals surface area contributed by atoms with E-state index in [9.17, 15) is 10.1 Å². The SMILES string of the molecule is CCN(CC1CCCCN1)c1cccc(OC)c1[N+](=O)[O-]. The van der Waals surface area contributed by atoms with Crippen molar-refractivity contribution in [1.29, 1.82) is 0 Å². The first-order valence-corrected chi connectivity index (χ1v) is 7.47. The Balaban J connectivity index is 2.26. The second-order valence-electron chi connectivity index (χ2n) is 5.27. The summed E-state index contributed by atoms with van der Waals surface area (Å²) in [4.78, 5) is 13.1. The van der Waals surface area contributed by atoms with Crippen LogP contribution in [0.4, 0.5) is 11.4 Å². The number of para-hydroxylation sites is 1. The molecule has 21 heavy (non-hydrogen) atoms. The van der Waals surface area contributed by atoms with Crippen LogP contribution in [-0.2, 0) is 0 Å². The van der Waals surface area contributed by atoms with Gasteiger partial charge >= 0.3 is 5.69 Å². The molecular weight excluding hydrogens is 270 g/mol. The number of hydrogen-bond donors (Lipinski definition) is 1. The van der Waals surface area contributed by atoms with Gasteiger partial charge in [-0.1, -0.05) is 12.5 Å². The standard InChI is InChI=1S/C15H23N3O3/c1-3-17(11-12-7-4-5-10-16-12)13-8-6-9-14(21-2)15(13)18(19)20/h6,8-9,12,16H,3-5,7,10-11H2,1-2H3. The Morgan fingerprint density at radius 3 is 2.86 bits per heavy atom. The minimum absolute atomic E-state index is 0.0534. The van der Waals surface area contributed by atoms with Crippen molar-refractivity contribution in [2.24, 2.45) is 0 Å². The number of ether oxygens (including phenoxy) is 1. The van der Waals surface area contributed by atoms with Crippen molar-refractivity contribution in [3.8, 4) is 5.75 Å². The number of nitro benzene ring substituents is 1. The van der Waals surface area contributed by atoms with Crippen LogP contribution in [-0.4, -0.2) is 37.7 Å². The van der Waals surface area contributed by atoms with E-state index in [0.29, 0.717) is 17.5 Å². The highest BCUT2D eigenvalue weighted by Crippen LogP contribution is 2.37. The molecule has 0 bridgehead atoms. The van der Waals surface area contributed by atoms with E-state index in [4.69, 9.17) is 4.74 Å². The van der Waals surface area contributed by atoms with Gasteiger partial charge in [-0.15, -0.1) is 0 Å². The van der Waals surface area contributed by atoms with Crippen LogP contribution in [0.25, 0.3) is 0 Å². The van der Waals surface area contributed by atoms with Gasteiger partial charge in [0.2, 0.25) is 0 Å². The number of nitrogens with zero attached hydrogens (tertiary/aromatic N) is 2. The van der Waals surface area contributed by atoms with Crippen LogP contribution < -0.4 is 15.0 Å². The molecule has 1 atom stereocenters. The zero-order valence-electron chi connectivity index (χ0n) is 12.7. The maximum Gasteiger partial charge on any atom is 0.333 e. The molecule has 6 nitrogen and oxygen atoms in total. The van der Waals surface area contributed by atoms with Crippen molar-refractivity contribution >= 4 is 11.4 Å². The first kappa shape index (κ1) is 15.6. The van der Waals surface area contributed by atoms with Gasteiger partial charge in [-0.2, -0.15) is 0 Å². The molecule has 0 saturated carbocycles. The fourth-order valence-electron chi connectivity index (χ4n) is 2.86. The average Bonchev–Trinajstić information content (AvgIpc) is 2.52. The minimum Gasteiger partial charge on any atom is -0.490 e. The van der Waals surface area contributed by atoms with Gasteiger partial charge in [0.15, 0.2) is 5.75 Å². The van der Waals surface area contributed by atoms with Crippen LogP contribution in [0, 0.1) is 10.1 Å². The summed E-state index contributed by atoms with van der Waals surface area (Å²) in [6, 6.07) is 5.63. The topological polar surface area (TPSA) is 67.6 Å². The molecule has 1 aliphatic rings. The Labute approximate surface area is 125 Å². The van der Waals surface area contributed by atoms with Gasteiger partial charge in [0, 0.05) is 19.1 Å². The molecule has 1 saturated heterocycles. The minimum atomic E-state index is -0.356. The molecule has 2 rings (SSSR count). The largest absolute Gasteiger partial charge is 0.490 e. The zero-order chi connectivity index (χ0) is 15.2. The second-order valence-corrected chi connectivity index (χ2v) is 5.27. The van der Waals surface area contributed by atoms with Crippen molar-refractivity contribution in [2.75, 3.05) is 31.6 Å². The average molecular weight is 293 g/mol. The molecule has 1 fully saturated rings. The molecule has 1 aromatic rings. The Morgan fingerprint density at radius 2 is 2.29 bits per heavy atom. The lowest BCUT2D eigenvalue weighted by molar-refractivity contribution is -0.385. The zero-order valence-corrected chi connectivity index (χ0v) is 12.7. The highest BCUT2D eigenvalue weighted by atomic mass is 16.6. The number of anilines is 1. The van der Waals surface area contributed by atoms with Crippen LogP contribution in [0.3, 0.4) is 0 Å². The predicted molar refractivity (Wildman–Crippen MR) is 83.2 cm³/mol. The van der Waals surface area contributed by atoms with Gasteiger partial charge in [0.25, 0.3) is 0 Å². The van der Waals surface area contributed by atoms with Crippen LogP contribution in [0.1, 0.15) is 26.2 Å². The summed E-state index contributed by atoms with van der Waals surface area (Å²) in [6.07, 6.45) is 3.55. The molecule has 1 aliphatic heterocycles. The van der Waals surface area contributed by atoms with Crippen LogP contribution >= 0.6 is 0 Å². The second kappa shape index (κ2) is 7.26. The number of likely N-dealkylation sites (N-methyl/N-ethyl adjacent to an activating group) is 1. The maximum absolute atomic E-state index is 11.4. The molecule has 116 valence electrons. The molecular formula is C15H23N3O3. The molecule has 1 heterocycles.